The van der Waals surface area contributed by atoms with Gasteiger partial charge in [-0.3, -0.25) is 0 Å². The maximum atomic E-state index is 9.01. The molecule has 0 amide bonds. The van der Waals surface area contributed by atoms with Gasteiger partial charge in [0.05, 0.1) is 12.2 Å². The minimum Gasteiger partial charge on any atom is -0.392 e. The molecule has 2 atom stereocenters. The van der Waals surface area contributed by atoms with E-state index in [-0.39, 0.29) is 24.8 Å². The van der Waals surface area contributed by atoms with Gasteiger partial charge >= 0.3 is 0 Å². The molecule has 0 aromatic heterocycles. The third-order valence-corrected chi connectivity index (χ3v) is 1.62. The molecule has 0 fully saturated rings. The zero-order chi connectivity index (χ0) is 8.69. The van der Waals surface area contributed by atoms with E-state index in [1.165, 1.54) is 0 Å². The molecule has 13 heavy (non-hydrogen) atoms. The molecule has 0 rings (SSSR count). The normalized spacial score (nSPS) is 13.8. The van der Waals surface area contributed by atoms with Gasteiger partial charge in [0.15, 0.2) is 0 Å². The molecule has 0 aliphatic carbocycles. The molecule has 0 bridgehead atoms. The molecule has 0 aliphatic heterocycles. The molecule has 0 saturated carbocycles. The number of aliphatic hydroxyl groups excluding tert-OH is 2. The fourth-order valence-electron chi connectivity index (χ4n) is 0.825. The van der Waals surface area contributed by atoms with Gasteiger partial charge < -0.3 is 21.7 Å². The van der Waals surface area contributed by atoms with Crippen LogP contribution in [0.4, 0.5) is 0 Å². The Bertz CT molecular complexity index is 88.6. The van der Waals surface area contributed by atoms with E-state index in [2.05, 4.69) is 0 Å². The van der Waals surface area contributed by atoms with Crippen LogP contribution in [0.2, 0.25) is 0 Å². The van der Waals surface area contributed by atoms with Crippen molar-refractivity contribution in [3.8, 4) is 0 Å². The summed E-state index contributed by atoms with van der Waals surface area (Å²) >= 11 is 0. The molecular weight excluding hydrogens is 215 g/mol. The Balaban J connectivity index is -0.000000500. The second-order valence-electron chi connectivity index (χ2n) is 2.71. The second-order valence-corrected chi connectivity index (χ2v) is 2.71. The SMILES string of the molecule is Cl.Cl.NCC(O)CCCC(O)CN. The lowest BCUT2D eigenvalue weighted by molar-refractivity contribution is 0.142. The van der Waals surface area contributed by atoms with Gasteiger partial charge in [-0.15, -0.1) is 24.8 Å². The minimum absolute atomic E-state index is 0. The highest BCUT2D eigenvalue weighted by molar-refractivity contribution is 5.85. The molecule has 0 heterocycles. The van der Waals surface area contributed by atoms with Crippen LogP contribution in [0.1, 0.15) is 19.3 Å². The van der Waals surface area contributed by atoms with Crippen molar-refractivity contribution in [3.63, 3.8) is 0 Å². The first kappa shape index (κ1) is 19.1. The number of aliphatic hydroxyl groups is 2. The van der Waals surface area contributed by atoms with E-state index < -0.39 is 12.2 Å². The van der Waals surface area contributed by atoms with Crippen LogP contribution in [0.3, 0.4) is 0 Å². The highest BCUT2D eigenvalue weighted by Crippen LogP contribution is 2.02. The van der Waals surface area contributed by atoms with E-state index >= 15 is 0 Å². The first-order chi connectivity index (χ1) is 5.20. The van der Waals surface area contributed by atoms with Gasteiger partial charge in [0.25, 0.3) is 0 Å². The summed E-state index contributed by atoms with van der Waals surface area (Å²) in [4.78, 5) is 0. The summed E-state index contributed by atoms with van der Waals surface area (Å²) in [6, 6.07) is 0. The summed E-state index contributed by atoms with van der Waals surface area (Å²) in [5.74, 6) is 0. The highest BCUT2D eigenvalue weighted by atomic mass is 35.5. The Morgan fingerprint density at radius 3 is 1.38 bits per heavy atom. The summed E-state index contributed by atoms with van der Waals surface area (Å²) in [6.45, 7) is 0.581. The van der Waals surface area contributed by atoms with Crippen LogP contribution >= 0.6 is 24.8 Å². The summed E-state index contributed by atoms with van der Waals surface area (Å²) < 4.78 is 0. The van der Waals surface area contributed by atoms with Crippen molar-refractivity contribution < 1.29 is 10.2 Å². The van der Waals surface area contributed by atoms with E-state index in [4.69, 9.17) is 21.7 Å². The Labute approximate surface area is 91.5 Å². The first-order valence-electron chi connectivity index (χ1n) is 3.97. The fourth-order valence-corrected chi connectivity index (χ4v) is 0.825. The smallest absolute Gasteiger partial charge is 0.0662 e. The number of nitrogens with two attached hydrogens (primary N) is 2. The molecular formula is C7H20Cl2N2O2. The Morgan fingerprint density at radius 1 is 0.846 bits per heavy atom. The van der Waals surface area contributed by atoms with Crippen LogP contribution in [-0.2, 0) is 0 Å². The molecule has 0 aliphatic rings. The van der Waals surface area contributed by atoms with Gasteiger partial charge in [0.2, 0.25) is 0 Å². The maximum Gasteiger partial charge on any atom is 0.0662 e. The first-order valence-corrected chi connectivity index (χ1v) is 3.97. The zero-order valence-electron chi connectivity index (χ0n) is 7.56. The topological polar surface area (TPSA) is 92.5 Å². The van der Waals surface area contributed by atoms with Gasteiger partial charge in [-0.05, 0) is 19.3 Å². The lowest BCUT2D eigenvalue weighted by Crippen LogP contribution is -2.22. The molecule has 0 saturated heterocycles. The van der Waals surface area contributed by atoms with Crippen molar-refractivity contribution >= 4 is 24.8 Å². The Hall–Kier alpha value is 0.420. The molecule has 0 aromatic rings. The number of hydrogen-bond acceptors (Lipinski definition) is 4. The van der Waals surface area contributed by atoms with Crippen molar-refractivity contribution in [3.05, 3.63) is 0 Å². The largest absolute Gasteiger partial charge is 0.392 e. The van der Waals surface area contributed by atoms with Crippen molar-refractivity contribution in [2.24, 2.45) is 11.5 Å². The average Bonchev–Trinajstić information content (AvgIpc) is 2.04. The van der Waals surface area contributed by atoms with Crippen LogP contribution in [0.15, 0.2) is 0 Å². The molecule has 84 valence electrons. The van der Waals surface area contributed by atoms with Gasteiger partial charge in [0.1, 0.15) is 0 Å². The van der Waals surface area contributed by atoms with Crippen LogP contribution < -0.4 is 11.5 Å². The number of hydrogen-bond donors (Lipinski definition) is 4. The van der Waals surface area contributed by atoms with Crippen LogP contribution in [0.25, 0.3) is 0 Å². The summed E-state index contributed by atoms with van der Waals surface area (Å²) in [7, 11) is 0. The van der Waals surface area contributed by atoms with Gasteiger partial charge in [-0.2, -0.15) is 0 Å². The third-order valence-electron chi connectivity index (χ3n) is 1.62. The monoisotopic (exact) mass is 234 g/mol. The van der Waals surface area contributed by atoms with E-state index in [0.29, 0.717) is 25.9 Å². The highest BCUT2D eigenvalue weighted by Gasteiger charge is 2.03. The van der Waals surface area contributed by atoms with Crippen LogP contribution in [0.5, 0.6) is 0 Å². The lowest BCUT2D eigenvalue weighted by atomic mass is 10.1. The van der Waals surface area contributed by atoms with Crippen molar-refractivity contribution in [1.29, 1.82) is 0 Å². The van der Waals surface area contributed by atoms with Crippen molar-refractivity contribution in [2.45, 2.75) is 31.5 Å². The van der Waals surface area contributed by atoms with Gasteiger partial charge in [-0.25, -0.2) is 0 Å². The molecule has 4 nitrogen and oxygen atoms in total. The van der Waals surface area contributed by atoms with Gasteiger partial charge in [0, 0.05) is 13.1 Å². The summed E-state index contributed by atoms with van der Waals surface area (Å²) in [6.07, 6.45) is 1.21. The van der Waals surface area contributed by atoms with Gasteiger partial charge in [-0.1, -0.05) is 0 Å². The second kappa shape index (κ2) is 12.4. The van der Waals surface area contributed by atoms with Crippen LogP contribution in [0, 0.1) is 0 Å². The van der Waals surface area contributed by atoms with E-state index in [0.717, 1.165) is 6.42 Å². The molecule has 6 N–H and O–H groups in total. The fraction of sp³-hybridized carbons (Fsp3) is 1.00. The molecule has 0 spiro atoms. The van der Waals surface area contributed by atoms with Crippen molar-refractivity contribution in [1.82, 2.24) is 0 Å². The number of halogens is 2. The summed E-state index contributed by atoms with van der Waals surface area (Å²) in [5.41, 5.74) is 10.4. The quantitative estimate of drug-likeness (QED) is 0.506. The predicted octanol–water partition coefficient (Wildman–Crippen LogP) is -0.360. The molecule has 0 radical (unpaired) electrons. The number of rotatable bonds is 6. The van der Waals surface area contributed by atoms with E-state index in [9.17, 15) is 0 Å². The molecule has 2 unspecified atom stereocenters. The van der Waals surface area contributed by atoms with E-state index in [1.54, 1.807) is 0 Å². The lowest BCUT2D eigenvalue weighted by Gasteiger charge is -2.09. The zero-order valence-corrected chi connectivity index (χ0v) is 9.19. The van der Waals surface area contributed by atoms with E-state index in [1.807, 2.05) is 0 Å². The third kappa shape index (κ3) is 12.4. The van der Waals surface area contributed by atoms with Crippen LogP contribution in [-0.4, -0.2) is 35.5 Å². The Morgan fingerprint density at radius 2 is 1.15 bits per heavy atom. The average molecular weight is 235 g/mol. The standard InChI is InChI=1S/C7H18N2O2.2ClH/c8-4-6(10)2-1-3-7(11)5-9;;/h6-7,10-11H,1-5,8-9H2;2*1H. The summed E-state index contributed by atoms with van der Waals surface area (Å²) in [5, 5.41) is 18.0. The predicted molar refractivity (Wildman–Crippen MR) is 58.5 cm³/mol. The molecule has 6 heteroatoms. The minimum atomic E-state index is -0.431. The maximum absolute atomic E-state index is 9.01. The molecule has 0 aromatic carbocycles. The Kier molecular flexibility index (Phi) is 18.2. The van der Waals surface area contributed by atoms with Crippen molar-refractivity contribution in [2.75, 3.05) is 13.1 Å².